The molecular weight excluding hydrogens is 218 g/mol. The van der Waals surface area contributed by atoms with Crippen LogP contribution in [0.15, 0.2) is 0 Å². The molecule has 0 radical (unpaired) electrons. The Morgan fingerprint density at radius 3 is 2.76 bits per heavy atom. The molecule has 17 heavy (non-hydrogen) atoms. The fraction of sp³-hybridized carbons (Fsp3) is 0.833. The summed E-state index contributed by atoms with van der Waals surface area (Å²) in [4.78, 5) is 25.2. The third kappa shape index (κ3) is 3.19. The van der Waals surface area contributed by atoms with Gasteiger partial charge in [-0.1, -0.05) is 12.8 Å². The molecule has 2 fully saturated rings. The Labute approximate surface area is 102 Å². The first-order valence-corrected chi connectivity index (χ1v) is 6.42. The van der Waals surface area contributed by atoms with Crippen molar-refractivity contribution in [3.8, 4) is 0 Å². The maximum absolute atomic E-state index is 12.1. The Hall–Kier alpha value is -1.10. The molecule has 1 aliphatic heterocycles. The molecule has 5 nitrogen and oxygen atoms in total. The maximum atomic E-state index is 12.1. The molecule has 1 saturated carbocycles. The summed E-state index contributed by atoms with van der Waals surface area (Å²) in [5.74, 6) is -0.0280. The number of carbonyl (C=O) groups excluding carboxylic acids is 2. The molecule has 5 heteroatoms. The molecule has 1 aliphatic carbocycles. The van der Waals surface area contributed by atoms with Crippen LogP contribution in [0.2, 0.25) is 0 Å². The van der Waals surface area contributed by atoms with Gasteiger partial charge in [-0.25, -0.2) is 0 Å². The molecule has 0 aromatic rings. The SMILES string of the molecule is NC1(CC(=O)N2CCCNC(=O)C2)CCCC1. The van der Waals surface area contributed by atoms with Gasteiger partial charge in [0.2, 0.25) is 11.8 Å². The van der Waals surface area contributed by atoms with E-state index in [2.05, 4.69) is 5.32 Å². The second kappa shape index (κ2) is 5.04. The van der Waals surface area contributed by atoms with Crippen molar-refractivity contribution < 1.29 is 9.59 Å². The monoisotopic (exact) mass is 239 g/mol. The van der Waals surface area contributed by atoms with Crippen LogP contribution in [0.1, 0.15) is 38.5 Å². The summed E-state index contributed by atoms with van der Waals surface area (Å²) < 4.78 is 0. The fourth-order valence-electron chi connectivity index (χ4n) is 2.69. The molecule has 0 spiro atoms. The van der Waals surface area contributed by atoms with E-state index in [4.69, 9.17) is 5.73 Å². The molecule has 0 aromatic heterocycles. The third-order valence-electron chi connectivity index (χ3n) is 3.72. The summed E-state index contributed by atoms with van der Waals surface area (Å²) in [6.45, 7) is 1.51. The van der Waals surface area contributed by atoms with E-state index in [9.17, 15) is 9.59 Å². The largest absolute Gasteiger partial charge is 0.354 e. The summed E-state index contributed by atoms with van der Waals surface area (Å²) in [5.41, 5.74) is 5.87. The summed E-state index contributed by atoms with van der Waals surface area (Å²) in [5, 5.41) is 2.77. The van der Waals surface area contributed by atoms with Gasteiger partial charge in [0.15, 0.2) is 0 Å². The number of rotatable bonds is 2. The van der Waals surface area contributed by atoms with E-state index in [-0.39, 0.29) is 23.9 Å². The van der Waals surface area contributed by atoms with Crippen molar-refractivity contribution in [3.63, 3.8) is 0 Å². The molecular formula is C12H21N3O2. The average molecular weight is 239 g/mol. The van der Waals surface area contributed by atoms with Gasteiger partial charge in [0.25, 0.3) is 0 Å². The van der Waals surface area contributed by atoms with Crippen LogP contribution in [-0.2, 0) is 9.59 Å². The summed E-state index contributed by atoms with van der Waals surface area (Å²) >= 11 is 0. The van der Waals surface area contributed by atoms with Gasteiger partial charge in [0.1, 0.15) is 0 Å². The number of hydrogen-bond acceptors (Lipinski definition) is 3. The average Bonchev–Trinajstić information content (AvgIpc) is 2.57. The Morgan fingerprint density at radius 2 is 2.06 bits per heavy atom. The predicted octanol–water partition coefficient (Wildman–Crippen LogP) is -0.00350. The quantitative estimate of drug-likeness (QED) is 0.712. The first-order valence-electron chi connectivity index (χ1n) is 6.42. The van der Waals surface area contributed by atoms with Crippen LogP contribution in [0, 0.1) is 0 Å². The smallest absolute Gasteiger partial charge is 0.239 e. The van der Waals surface area contributed by atoms with Gasteiger partial charge in [-0.05, 0) is 19.3 Å². The van der Waals surface area contributed by atoms with Gasteiger partial charge in [-0.2, -0.15) is 0 Å². The van der Waals surface area contributed by atoms with E-state index >= 15 is 0 Å². The highest BCUT2D eigenvalue weighted by molar-refractivity contribution is 5.85. The highest BCUT2D eigenvalue weighted by Crippen LogP contribution is 2.30. The number of amides is 2. The number of nitrogens with zero attached hydrogens (tertiary/aromatic N) is 1. The first kappa shape index (κ1) is 12.4. The zero-order valence-electron chi connectivity index (χ0n) is 10.2. The van der Waals surface area contributed by atoms with E-state index < -0.39 is 0 Å². The van der Waals surface area contributed by atoms with Gasteiger partial charge in [0.05, 0.1) is 6.54 Å². The van der Waals surface area contributed by atoms with E-state index in [1.54, 1.807) is 4.90 Å². The Kier molecular flexibility index (Phi) is 3.66. The molecule has 0 aromatic carbocycles. The van der Waals surface area contributed by atoms with E-state index in [1.807, 2.05) is 0 Å². The lowest BCUT2D eigenvalue weighted by atomic mass is 9.94. The van der Waals surface area contributed by atoms with Gasteiger partial charge < -0.3 is 16.0 Å². The van der Waals surface area contributed by atoms with E-state index in [0.717, 1.165) is 32.1 Å². The molecule has 2 amide bonds. The normalized spacial score (nSPS) is 24.3. The van der Waals surface area contributed by atoms with Crippen molar-refractivity contribution in [2.45, 2.75) is 44.1 Å². The van der Waals surface area contributed by atoms with Gasteiger partial charge in [-0.15, -0.1) is 0 Å². The standard InChI is InChI=1S/C12H21N3O2/c13-12(4-1-2-5-12)8-11(17)15-7-3-6-14-10(16)9-15/h1-9,13H2,(H,14,16). The molecule has 1 heterocycles. The van der Waals surface area contributed by atoms with E-state index in [0.29, 0.717) is 19.5 Å². The van der Waals surface area contributed by atoms with Crippen LogP contribution in [0.3, 0.4) is 0 Å². The van der Waals surface area contributed by atoms with Crippen LogP contribution >= 0.6 is 0 Å². The number of nitrogens with two attached hydrogens (primary N) is 1. The number of nitrogens with one attached hydrogen (secondary N) is 1. The van der Waals surface area contributed by atoms with Gasteiger partial charge >= 0.3 is 0 Å². The Morgan fingerprint density at radius 1 is 1.35 bits per heavy atom. The molecule has 96 valence electrons. The second-order valence-corrected chi connectivity index (χ2v) is 5.27. The lowest BCUT2D eigenvalue weighted by Crippen LogP contribution is -2.45. The molecule has 0 atom stereocenters. The predicted molar refractivity (Wildman–Crippen MR) is 64.2 cm³/mol. The van der Waals surface area contributed by atoms with Crippen molar-refractivity contribution in [3.05, 3.63) is 0 Å². The number of hydrogen-bond donors (Lipinski definition) is 2. The number of carbonyl (C=O) groups is 2. The molecule has 0 bridgehead atoms. The maximum Gasteiger partial charge on any atom is 0.239 e. The van der Waals surface area contributed by atoms with Crippen molar-refractivity contribution in [1.82, 2.24) is 10.2 Å². The minimum absolute atomic E-state index is 0.0338. The minimum Gasteiger partial charge on any atom is -0.354 e. The fourth-order valence-corrected chi connectivity index (χ4v) is 2.69. The molecule has 0 unspecified atom stereocenters. The molecule has 2 aliphatic rings. The summed E-state index contributed by atoms with van der Waals surface area (Å²) in [6, 6.07) is 0. The minimum atomic E-state index is -0.320. The zero-order chi connectivity index (χ0) is 12.3. The molecule has 2 rings (SSSR count). The first-order chi connectivity index (χ1) is 8.09. The van der Waals surface area contributed by atoms with Crippen LogP contribution in [-0.4, -0.2) is 41.9 Å². The highest BCUT2D eigenvalue weighted by Gasteiger charge is 2.33. The third-order valence-corrected chi connectivity index (χ3v) is 3.72. The lowest BCUT2D eigenvalue weighted by Gasteiger charge is -2.27. The lowest BCUT2D eigenvalue weighted by molar-refractivity contribution is -0.136. The molecule has 3 N–H and O–H groups in total. The van der Waals surface area contributed by atoms with Crippen LogP contribution < -0.4 is 11.1 Å². The van der Waals surface area contributed by atoms with E-state index in [1.165, 1.54) is 0 Å². The van der Waals surface area contributed by atoms with Crippen molar-refractivity contribution >= 4 is 11.8 Å². The highest BCUT2D eigenvalue weighted by atomic mass is 16.2. The van der Waals surface area contributed by atoms with Crippen LogP contribution in [0.5, 0.6) is 0 Å². The molecule has 1 saturated heterocycles. The van der Waals surface area contributed by atoms with Gasteiger partial charge in [-0.3, -0.25) is 9.59 Å². The van der Waals surface area contributed by atoms with Crippen molar-refractivity contribution in [2.24, 2.45) is 5.73 Å². The zero-order valence-corrected chi connectivity index (χ0v) is 10.2. The van der Waals surface area contributed by atoms with Crippen molar-refractivity contribution in [1.29, 1.82) is 0 Å². The van der Waals surface area contributed by atoms with Crippen molar-refractivity contribution in [2.75, 3.05) is 19.6 Å². The Bertz CT molecular complexity index is 311. The topological polar surface area (TPSA) is 75.4 Å². The van der Waals surface area contributed by atoms with Gasteiger partial charge in [0, 0.05) is 25.0 Å². The Balaban J connectivity index is 1.92. The summed E-state index contributed by atoms with van der Waals surface area (Å²) in [6.07, 6.45) is 5.31. The van der Waals surface area contributed by atoms with Crippen LogP contribution in [0.25, 0.3) is 0 Å². The second-order valence-electron chi connectivity index (χ2n) is 5.27. The summed E-state index contributed by atoms with van der Waals surface area (Å²) in [7, 11) is 0. The van der Waals surface area contributed by atoms with Crippen LogP contribution in [0.4, 0.5) is 0 Å².